The number of para-hydroxylation sites is 1. The molecular weight excluding hydrogens is 282 g/mol. The van der Waals surface area contributed by atoms with Crippen LogP contribution in [-0.2, 0) is 13.1 Å². The van der Waals surface area contributed by atoms with Crippen LogP contribution in [0.2, 0.25) is 0 Å². The van der Waals surface area contributed by atoms with Crippen LogP contribution in [0.3, 0.4) is 0 Å². The lowest BCUT2D eigenvalue weighted by Crippen LogP contribution is -2.17. The molecule has 21 heavy (non-hydrogen) atoms. The first-order valence-electron chi connectivity index (χ1n) is 6.72. The zero-order chi connectivity index (χ0) is 15.1. The van der Waals surface area contributed by atoms with Gasteiger partial charge in [-0.15, -0.1) is 11.3 Å². The van der Waals surface area contributed by atoms with E-state index in [0.29, 0.717) is 0 Å². The molecule has 2 rings (SSSR count). The van der Waals surface area contributed by atoms with Crippen molar-refractivity contribution in [3.63, 3.8) is 0 Å². The fraction of sp³-hybridized carbons (Fsp3) is 0.294. The first kappa shape index (κ1) is 15.6. The molecule has 0 spiro atoms. The molecule has 1 heterocycles. The van der Waals surface area contributed by atoms with Gasteiger partial charge in [0, 0.05) is 23.5 Å². The predicted molar refractivity (Wildman–Crippen MR) is 86.4 cm³/mol. The Balaban J connectivity index is 1.98. The molecule has 0 bridgehead atoms. The maximum atomic E-state index is 8.70. The Hall–Kier alpha value is -1.80. The zero-order valence-corrected chi connectivity index (χ0v) is 13.1. The van der Waals surface area contributed by atoms with Gasteiger partial charge in [-0.05, 0) is 25.2 Å². The molecule has 0 amide bonds. The van der Waals surface area contributed by atoms with E-state index in [1.807, 2.05) is 24.3 Å². The van der Waals surface area contributed by atoms with Crippen molar-refractivity contribution in [1.82, 2.24) is 4.90 Å². The van der Waals surface area contributed by atoms with Gasteiger partial charge in [-0.1, -0.05) is 30.0 Å². The van der Waals surface area contributed by atoms with Crippen molar-refractivity contribution in [2.75, 3.05) is 20.8 Å². The zero-order valence-electron chi connectivity index (χ0n) is 12.3. The van der Waals surface area contributed by atoms with Crippen LogP contribution in [0.25, 0.3) is 0 Å². The normalized spacial score (nSPS) is 10.3. The lowest BCUT2D eigenvalue weighted by Gasteiger charge is -2.17. The highest BCUT2D eigenvalue weighted by Gasteiger charge is 2.07. The Morgan fingerprint density at radius 2 is 2.00 bits per heavy atom. The van der Waals surface area contributed by atoms with E-state index in [-0.39, 0.29) is 6.61 Å². The van der Waals surface area contributed by atoms with Gasteiger partial charge in [-0.25, -0.2) is 0 Å². The van der Waals surface area contributed by atoms with Crippen molar-refractivity contribution in [1.29, 1.82) is 0 Å². The third-order valence-corrected chi connectivity index (χ3v) is 4.00. The second kappa shape index (κ2) is 7.84. The number of thiophene rings is 1. The summed E-state index contributed by atoms with van der Waals surface area (Å²) in [5, 5.41) is 8.70. The first-order valence-corrected chi connectivity index (χ1v) is 7.53. The number of methoxy groups -OCH3 is 1. The minimum absolute atomic E-state index is 0.0963. The maximum Gasteiger partial charge on any atom is 0.123 e. The Morgan fingerprint density at radius 3 is 2.76 bits per heavy atom. The summed E-state index contributed by atoms with van der Waals surface area (Å²) in [6, 6.07) is 12.2. The van der Waals surface area contributed by atoms with Gasteiger partial charge in [-0.3, -0.25) is 4.90 Å². The van der Waals surface area contributed by atoms with Gasteiger partial charge in [0.25, 0.3) is 0 Å². The Morgan fingerprint density at radius 1 is 1.19 bits per heavy atom. The standard InChI is InChI=1S/C17H19NO2S/c1-18(12-14-6-3-4-8-17(14)20-2)13-16-10-9-15(21-16)7-5-11-19/h3-4,6,8-10,19H,11-13H2,1-2H3. The highest BCUT2D eigenvalue weighted by atomic mass is 32.1. The molecule has 0 saturated carbocycles. The average molecular weight is 301 g/mol. The molecule has 0 aliphatic rings. The van der Waals surface area contributed by atoms with Crippen LogP contribution in [0.1, 0.15) is 15.3 Å². The van der Waals surface area contributed by atoms with Crippen LogP contribution in [0.15, 0.2) is 36.4 Å². The number of aliphatic hydroxyl groups is 1. The van der Waals surface area contributed by atoms with Crippen molar-refractivity contribution >= 4 is 11.3 Å². The number of aliphatic hydroxyl groups excluding tert-OH is 1. The Bertz CT molecular complexity index is 639. The van der Waals surface area contributed by atoms with E-state index in [4.69, 9.17) is 9.84 Å². The number of hydrogen-bond donors (Lipinski definition) is 1. The molecule has 0 saturated heterocycles. The lowest BCUT2D eigenvalue weighted by atomic mass is 10.2. The summed E-state index contributed by atoms with van der Waals surface area (Å²) in [7, 11) is 3.79. The third-order valence-electron chi connectivity index (χ3n) is 3.01. The molecule has 1 N–H and O–H groups in total. The fourth-order valence-electron chi connectivity index (χ4n) is 2.10. The largest absolute Gasteiger partial charge is 0.496 e. The first-order chi connectivity index (χ1) is 10.2. The molecular formula is C17H19NO2S. The van der Waals surface area contributed by atoms with Gasteiger partial charge in [0.2, 0.25) is 0 Å². The minimum atomic E-state index is -0.0963. The van der Waals surface area contributed by atoms with Crippen LogP contribution in [0.5, 0.6) is 5.75 Å². The van der Waals surface area contributed by atoms with Gasteiger partial charge in [0.05, 0.1) is 12.0 Å². The van der Waals surface area contributed by atoms with Gasteiger partial charge in [0.1, 0.15) is 12.4 Å². The molecule has 1 aromatic heterocycles. The summed E-state index contributed by atoms with van der Waals surface area (Å²) in [6.07, 6.45) is 0. The predicted octanol–water partition coefficient (Wildman–Crippen LogP) is 2.73. The Kier molecular flexibility index (Phi) is 5.82. The third kappa shape index (κ3) is 4.61. The molecule has 0 atom stereocenters. The number of nitrogens with zero attached hydrogens (tertiary/aromatic N) is 1. The second-order valence-corrected chi connectivity index (χ2v) is 5.88. The van der Waals surface area contributed by atoms with E-state index in [1.165, 1.54) is 10.4 Å². The van der Waals surface area contributed by atoms with E-state index >= 15 is 0 Å². The van der Waals surface area contributed by atoms with E-state index in [1.54, 1.807) is 18.4 Å². The monoisotopic (exact) mass is 301 g/mol. The van der Waals surface area contributed by atoms with Crippen molar-refractivity contribution in [3.8, 4) is 17.6 Å². The number of ether oxygens (including phenoxy) is 1. The molecule has 4 heteroatoms. The number of rotatable bonds is 5. The van der Waals surface area contributed by atoms with Crippen LogP contribution < -0.4 is 4.74 Å². The number of benzene rings is 1. The molecule has 0 radical (unpaired) electrons. The van der Waals surface area contributed by atoms with Gasteiger partial charge >= 0.3 is 0 Å². The Labute approximate surface area is 129 Å². The van der Waals surface area contributed by atoms with Crippen LogP contribution in [-0.4, -0.2) is 30.8 Å². The molecule has 0 fully saturated rings. The summed E-state index contributed by atoms with van der Waals surface area (Å²) in [5.41, 5.74) is 1.18. The van der Waals surface area contributed by atoms with Crippen LogP contribution >= 0.6 is 11.3 Å². The van der Waals surface area contributed by atoms with Gasteiger partial charge in [0.15, 0.2) is 0 Å². The molecule has 0 aliphatic carbocycles. The summed E-state index contributed by atoms with van der Waals surface area (Å²) in [4.78, 5) is 4.49. The molecule has 0 aliphatic heterocycles. The SMILES string of the molecule is COc1ccccc1CN(C)Cc1ccc(C#CCO)s1. The fourth-order valence-corrected chi connectivity index (χ4v) is 3.07. The van der Waals surface area contributed by atoms with E-state index < -0.39 is 0 Å². The van der Waals surface area contributed by atoms with Crippen molar-refractivity contribution in [2.45, 2.75) is 13.1 Å². The molecule has 2 aromatic rings. The summed E-state index contributed by atoms with van der Waals surface area (Å²) >= 11 is 1.66. The smallest absolute Gasteiger partial charge is 0.123 e. The van der Waals surface area contributed by atoms with Crippen LogP contribution in [0, 0.1) is 11.8 Å². The summed E-state index contributed by atoms with van der Waals surface area (Å²) < 4.78 is 5.38. The lowest BCUT2D eigenvalue weighted by molar-refractivity contribution is 0.312. The molecule has 110 valence electrons. The maximum absolute atomic E-state index is 8.70. The topological polar surface area (TPSA) is 32.7 Å². The summed E-state index contributed by atoms with van der Waals surface area (Å²) in [6.45, 7) is 1.60. The van der Waals surface area contributed by atoms with E-state index in [9.17, 15) is 0 Å². The van der Waals surface area contributed by atoms with Crippen LogP contribution in [0.4, 0.5) is 0 Å². The summed E-state index contributed by atoms with van der Waals surface area (Å²) in [5.74, 6) is 6.53. The highest BCUT2D eigenvalue weighted by Crippen LogP contribution is 2.21. The second-order valence-electron chi connectivity index (χ2n) is 4.71. The molecule has 3 nitrogen and oxygen atoms in total. The van der Waals surface area contributed by atoms with Gasteiger partial charge < -0.3 is 9.84 Å². The van der Waals surface area contributed by atoms with E-state index in [0.717, 1.165) is 23.7 Å². The van der Waals surface area contributed by atoms with Crippen molar-refractivity contribution in [2.24, 2.45) is 0 Å². The minimum Gasteiger partial charge on any atom is -0.496 e. The average Bonchev–Trinajstić information content (AvgIpc) is 2.93. The van der Waals surface area contributed by atoms with Crippen molar-refractivity contribution < 1.29 is 9.84 Å². The van der Waals surface area contributed by atoms with E-state index in [2.05, 4.69) is 35.9 Å². The quantitative estimate of drug-likeness (QED) is 0.862. The van der Waals surface area contributed by atoms with Gasteiger partial charge in [-0.2, -0.15) is 0 Å². The van der Waals surface area contributed by atoms with Crippen molar-refractivity contribution in [3.05, 3.63) is 51.7 Å². The number of hydrogen-bond acceptors (Lipinski definition) is 4. The molecule has 1 aromatic carbocycles. The molecule has 0 unspecified atom stereocenters. The highest BCUT2D eigenvalue weighted by molar-refractivity contribution is 7.12.